The fourth-order valence-corrected chi connectivity index (χ4v) is 2.66. The van der Waals surface area contributed by atoms with Crippen molar-refractivity contribution in [3.05, 3.63) is 33.2 Å². The summed E-state index contributed by atoms with van der Waals surface area (Å²) in [5.74, 6) is 0.669. The third-order valence-electron chi connectivity index (χ3n) is 2.57. The molecule has 20 heavy (non-hydrogen) atoms. The van der Waals surface area contributed by atoms with E-state index in [0.717, 1.165) is 5.01 Å². The van der Waals surface area contributed by atoms with Crippen LogP contribution in [0.1, 0.15) is 35.1 Å². The first-order valence-corrected chi connectivity index (χ1v) is 7.60. The molecule has 0 aliphatic heterocycles. The molecule has 106 valence electrons. The molecule has 1 N–H and O–H groups in total. The quantitative estimate of drug-likeness (QED) is 0.908. The van der Waals surface area contributed by atoms with Gasteiger partial charge >= 0.3 is 0 Å². The minimum Gasteiger partial charge on any atom is -0.497 e. The number of nitrogens with zero attached hydrogens (tertiary/aromatic N) is 2. The molecule has 0 saturated carbocycles. The van der Waals surface area contributed by atoms with Crippen molar-refractivity contribution in [3.63, 3.8) is 0 Å². The zero-order valence-electron chi connectivity index (χ0n) is 11.3. The van der Waals surface area contributed by atoms with Gasteiger partial charge in [-0.3, -0.25) is 10.1 Å². The third kappa shape index (κ3) is 3.34. The fraction of sp³-hybridized carbons (Fsp3) is 0.308. The van der Waals surface area contributed by atoms with Crippen LogP contribution in [0, 0.1) is 0 Å². The van der Waals surface area contributed by atoms with Gasteiger partial charge < -0.3 is 4.74 Å². The largest absolute Gasteiger partial charge is 0.497 e. The number of hydrogen-bond acceptors (Lipinski definition) is 5. The van der Waals surface area contributed by atoms with E-state index < -0.39 is 0 Å². The van der Waals surface area contributed by atoms with Crippen molar-refractivity contribution in [2.45, 2.75) is 19.8 Å². The Morgan fingerprint density at radius 1 is 1.40 bits per heavy atom. The van der Waals surface area contributed by atoms with Crippen LogP contribution >= 0.6 is 27.3 Å². The molecule has 0 saturated heterocycles. The van der Waals surface area contributed by atoms with E-state index in [4.69, 9.17) is 4.74 Å². The first-order valence-electron chi connectivity index (χ1n) is 5.99. The molecular weight excluding hydrogens is 342 g/mol. The van der Waals surface area contributed by atoms with Crippen LogP contribution in [0.2, 0.25) is 0 Å². The number of nitrogens with one attached hydrogen (secondary N) is 1. The number of methoxy groups -OCH3 is 1. The van der Waals surface area contributed by atoms with Gasteiger partial charge in [-0.25, -0.2) is 0 Å². The van der Waals surface area contributed by atoms with E-state index in [2.05, 4.69) is 31.4 Å². The molecule has 0 radical (unpaired) electrons. The average Bonchev–Trinajstić information content (AvgIpc) is 2.88. The second-order valence-electron chi connectivity index (χ2n) is 4.40. The molecule has 1 amide bonds. The molecule has 0 atom stereocenters. The highest BCUT2D eigenvalue weighted by molar-refractivity contribution is 9.10. The Balaban J connectivity index is 2.19. The van der Waals surface area contributed by atoms with Crippen molar-refractivity contribution >= 4 is 38.3 Å². The summed E-state index contributed by atoms with van der Waals surface area (Å²) in [5.41, 5.74) is 0.491. The molecule has 1 aromatic carbocycles. The SMILES string of the molecule is COc1ccc(Br)c(C(=O)Nc2nnc(C(C)C)s2)c1. The highest BCUT2D eigenvalue weighted by atomic mass is 79.9. The zero-order valence-corrected chi connectivity index (χ0v) is 13.7. The highest BCUT2D eigenvalue weighted by Gasteiger charge is 2.15. The van der Waals surface area contributed by atoms with E-state index in [0.29, 0.717) is 26.8 Å². The number of rotatable bonds is 4. The molecule has 0 bridgehead atoms. The van der Waals surface area contributed by atoms with Crippen LogP contribution in [-0.4, -0.2) is 23.2 Å². The van der Waals surface area contributed by atoms with Crippen molar-refractivity contribution < 1.29 is 9.53 Å². The summed E-state index contributed by atoms with van der Waals surface area (Å²) in [6.45, 7) is 4.07. The monoisotopic (exact) mass is 355 g/mol. The molecule has 0 spiro atoms. The van der Waals surface area contributed by atoms with E-state index in [9.17, 15) is 4.79 Å². The molecule has 5 nitrogen and oxygen atoms in total. The van der Waals surface area contributed by atoms with Crippen LogP contribution < -0.4 is 10.1 Å². The Bertz CT molecular complexity index is 628. The Hall–Kier alpha value is -1.47. The molecule has 0 aliphatic rings. The lowest BCUT2D eigenvalue weighted by atomic mass is 10.2. The van der Waals surface area contributed by atoms with Gasteiger partial charge in [0.1, 0.15) is 10.8 Å². The van der Waals surface area contributed by atoms with Crippen molar-refractivity contribution in [1.29, 1.82) is 0 Å². The molecule has 1 heterocycles. The first-order chi connectivity index (χ1) is 9.51. The molecule has 0 fully saturated rings. The number of anilines is 1. The highest BCUT2D eigenvalue weighted by Crippen LogP contribution is 2.26. The van der Waals surface area contributed by atoms with Gasteiger partial charge in [0.15, 0.2) is 0 Å². The Morgan fingerprint density at radius 3 is 2.75 bits per heavy atom. The lowest BCUT2D eigenvalue weighted by Crippen LogP contribution is -2.12. The molecule has 7 heteroatoms. The lowest BCUT2D eigenvalue weighted by Gasteiger charge is -2.06. The zero-order chi connectivity index (χ0) is 14.7. The van der Waals surface area contributed by atoms with Crippen molar-refractivity contribution in [2.75, 3.05) is 12.4 Å². The summed E-state index contributed by atoms with van der Waals surface area (Å²) < 4.78 is 5.82. The number of benzene rings is 1. The molecule has 0 aliphatic carbocycles. The summed E-state index contributed by atoms with van der Waals surface area (Å²) in [5, 5.41) is 12.1. The number of ether oxygens (including phenoxy) is 1. The fourth-order valence-electron chi connectivity index (χ4n) is 1.49. The van der Waals surface area contributed by atoms with E-state index >= 15 is 0 Å². The number of amides is 1. The van der Waals surface area contributed by atoms with Gasteiger partial charge in [-0.1, -0.05) is 25.2 Å². The summed E-state index contributed by atoms with van der Waals surface area (Å²) in [7, 11) is 1.56. The normalized spacial score (nSPS) is 10.7. The number of carbonyl (C=O) groups is 1. The molecule has 2 rings (SSSR count). The van der Waals surface area contributed by atoms with Crippen LogP contribution in [0.4, 0.5) is 5.13 Å². The summed E-state index contributed by atoms with van der Waals surface area (Å²) in [6, 6.07) is 5.22. The first kappa shape index (κ1) is 14.9. The average molecular weight is 356 g/mol. The third-order valence-corrected chi connectivity index (χ3v) is 4.40. The van der Waals surface area contributed by atoms with Crippen molar-refractivity contribution in [1.82, 2.24) is 10.2 Å². The minimum absolute atomic E-state index is 0.248. The van der Waals surface area contributed by atoms with Gasteiger partial charge in [0.25, 0.3) is 5.91 Å². The molecule has 0 unspecified atom stereocenters. The maximum atomic E-state index is 12.2. The van der Waals surface area contributed by atoms with Crippen LogP contribution in [-0.2, 0) is 0 Å². The summed E-state index contributed by atoms with van der Waals surface area (Å²) in [6.07, 6.45) is 0. The molecule has 2 aromatic rings. The van der Waals surface area contributed by atoms with E-state index in [1.807, 2.05) is 13.8 Å². The van der Waals surface area contributed by atoms with Gasteiger partial charge in [0.05, 0.1) is 12.7 Å². The number of aromatic nitrogens is 2. The van der Waals surface area contributed by atoms with E-state index in [1.54, 1.807) is 25.3 Å². The minimum atomic E-state index is -0.248. The van der Waals surface area contributed by atoms with Crippen molar-refractivity contribution in [2.24, 2.45) is 0 Å². The maximum Gasteiger partial charge on any atom is 0.258 e. The number of halogens is 1. The van der Waals surface area contributed by atoms with Crippen LogP contribution in [0.25, 0.3) is 0 Å². The van der Waals surface area contributed by atoms with Gasteiger partial charge in [-0.05, 0) is 34.1 Å². The maximum absolute atomic E-state index is 12.2. The molecule has 1 aromatic heterocycles. The number of carbonyl (C=O) groups excluding carboxylic acids is 1. The van der Waals surface area contributed by atoms with E-state index in [1.165, 1.54) is 11.3 Å². The Kier molecular flexibility index (Phi) is 4.72. The van der Waals surface area contributed by atoms with E-state index in [-0.39, 0.29) is 5.91 Å². The standard InChI is InChI=1S/C13H14BrN3O2S/c1-7(2)12-16-17-13(20-12)15-11(18)9-6-8(19-3)4-5-10(9)14/h4-7H,1-3H3,(H,15,17,18). The molecular formula is C13H14BrN3O2S. The summed E-state index contributed by atoms with van der Waals surface area (Å²) >= 11 is 4.73. The predicted molar refractivity (Wildman–Crippen MR) is 82.6 cm³/mol. The second-order valence-corrected chi connectivity index (χ2v) is 6.26. The van der Waals surface area contributed by atoms with Crippen LogP contribution in [0.3, 0.4) is 0 Å². The summed E-state index contributed by atoms with van der Waals surface area (Å²) in [4.78, 5) is 12.2. The Labute approximate surface area is 129 Å². The lowest BCUT2D eigenvalue weighted by molar-refractivity contribution is 0.102. The van der Waals surface area contributed by atoms with Gasteiger partial charge in [0, 0.05) is 10.4 Å². The topological polar surface area (TPSA) is 64.1 Å². The van der Waals surface area contributed by atoms with Gasteiger partial charge in [-0.2, -0.15) is 0 Å². The second kappa shape index (κ2) is 6.32. The van der Waals surface area contributed by atoms with Gasteiger partial charge in [-0.15, -0.1) is 10.2 Å². The Morgan fingerprint density at radius 2 is 2.15 bits per heavy atom. The predicted octanol–water partition coefficient (Wildman–Crippen LogP) is 3.68. The number of hydrogen-bond donors (Lipinski definition) is 1. The van der Waals surface area contributed by atoms with Crippen molar-refractivity contribution in [3.8, 4) is 5.75 Å². The van der Waals surface area contributed by atoms with Gasteiger partial charge in [0.2, 0.25) is 5.13 Å². The van der Waals surface area contributed by atoms with Crippen LogP contribution in [0.5, 0.6) is 5.75 Å². The smallest absolute Gasteiger partial charge is 0.258 e. The van der Waals surface area contributed by atoms with Crippen LogP contribution in [0.15, 0.2) is 22.7 Å².